The molecule has 0 aliphatic rings. The zero-order chi connectivity index (χ0) is 14.7. The van der Waals surface area contributed by atoms with Crippen LogP contribution in [0, 0.1) is 25.0 Å². The normalized spacial score (nSPS) is 9.80. The first kappa shape index (κ1) is 14.4. The predicted octanol–water partition coefficient (Wildman–Crippen LogP) is 3.35. The van der Waals surface area contributed by atoms with Crippen LogP contribution in [0.1, 0.15) is 15.2 Å². The van der Waals surface area contributed by atoms with Crippen molar-refractivity contribution in [2.45, 2.75) is 0 Å². The lowest BCUT2D eigenvalue weighted by Crippen LogP contribution is -2.09. The Bertz CT molecular complexity index is 722. The van der Waals surface area contributed by atoms with Crippen molar-refractivity contribution < 1.29 is 14.5 Å². The van der Waals surface area contributed by atoms with Crippen LogP contribution in [0.5, 0.6) is 5.75 Å². The predicted molar refractivity (Wildman–Crippen MR) is 79.8 cm³/mol. The lowest BCUT2D eigenvalue weighted by Gasteiger charge is -2.06. The van der Waals surface area contributed by atoms with Crippen LogP contribution in [0.3, 0.4) is 0 Å². The monoisotopic (exact) mass is 400 g/mol. The van der Waals surface area contributed by atoms with E-state index < -0.39 is 16.6 Å². The van der Waals surface area contributed by atoms with Crippen molar-refractivity contribution in [3.05, 3.63) is 53.8 Å². The van der Waals surface area contributed by atoms with E-state index in [1.54, 1.807) is 40.1 Å². The summed E-state index contributed by atoms with van der Waals surface area (Å²) in [6.45, 7) is 0. The number of nitrogens with zero attached hydrogens (tertiary/aromatic N) is 2. The van der Waals surface area contributed by atoms with Gasteiger partial charge in [-0.15, -0.1) is 11.3 Å². The number of nitro benzene ring substituents is 1. The lowest BCUT2D eigenvalue weighted by atomic mass is 10.2. The topological polar surface area (TPSA) is 93.2 Å². The molecule has 0 spiro atoms. The summed E-state index contributed by atoms with van der Waals surface area (Å²) in [5, 5.41) is 21.5. The maximum atomic E-state index is 11.9. The molecule has 0 radical (unpaired) electrons. The van der Waals surface area contributed by atoms with Gasteiger partial charge in [-0.05, 0) is 40.1 Å². The molecule has 0 saturated carbocycles. The van der Waals surface area contributed by atoms with Gasteiger partial charge >= 0.3 is 11.7 Å². The van der Waals surface area contributed by atoms with Crippen molar-refractivity contribution in [1.29, 1.82) is 5.26 Å². The molecule has 100 valence electrons. The van der Waals surface area contributed by atoms with Gasteiger partial charge in [0.25, 0.3) is 0 Å². The third-order valence-corrected chi connectivity index (χ3v) is 3.92. The Morgan fingerprint density at radius 1 is 1.50 bits per heavy atom. The molecule has 0 N–H and O–H groups in total. The van der Waals surface area contributed by atoms with Gasteiger partial charge in [0, 0.05) is 6.07 Å². The fourth-order valence-corrected chi connectivity index (χ4v) is 2.74. The largest absolute Gasteiger partial charge is 0.414 e. The Morgan fingerprint density at radius 3 is 2.80 bits per heavy atom. The number of esters is 1. The van der Waals surface area contributed by atoms with Crippen molar-refractivity contribution in [3.8, 4) is 11.8 Å². The summed E-state index contributed by atoms with van der Waals surface area (Å²) in [4.78, 5) is 22.5. The molecule has 0 bridgehead atoms. The minimum absolute atomic E-state index is 0.136. The maximum Gasteiger partial charge on any atom is 0.353 e. The Balaban J connectivity index is 2.43. The van der Waals surface area contributed by atoms with Crippen molar-refractivity contribution in [1.82, 2.24) is 0 Å². The second kappa shape index (κ2) is 5.98. The summed E-state index contributed by atoms with van der Waals surface area (Å²) in [5.41, 5.74) is -0.268. The van der Waals surface area contributed by atoms with E-state index in [1.165, 1.54) is 17.4 Å². The van der Waals surface area contributed by atoms with Crippen LogP contribution in [0.2, 0.25) is 0 Å². The fraction of sp³-hybridized carbons (Fsp3) is 0. The van der Waals surface area contributed by atoms with Crippen LogP contribution in [0.4, 0.5) is 5.69 Å². The molecule has 0 aliphatic carbocycles. The lowest BCUT2D eigenvalue weighted by molar-refractivity contribution is -0.385. The average Bonchev–Trinajstić information content (AvgIpc) is 2.94. The molecule has 8 heteroatoms. The SMILES string of the molecule is N#Cc1cc(I)c(OC(=O)c2cccs2)c([N+](=O)[O-])c1. The second-order valence-corrected chi connectivity index (χ2v) is 5.65. The second-order valence-electron chi connectivity index (χ2n) is 3.54. The van der Waals surface area contributed by atoms with Gasteiger partial charge in [-0.2, -0.15) is 5.26 Å². The van der Waals surface area contributed by atoms with Gasteiger partial charge in [-0.1, -0.05) is 6.07 Å². The molecule has 2 rings (SSSR count). The number of thiophene rings is 1. The molecule has 2 aromatic rings. The number of ether oxygens (including phenoxy) is 1. The molecule has 20 heavy (non-hydrogen) atoms. The molecule has 0 unspecified atom stereocenters. The van der Waals surface area contributed by atoms with E-state index in [9.17, 15) is 14.9 Å². The zero-order valence-electron chi connectivity index (χ0n) is 9.70. The Kier molecular flexibility index (Phi) is 4.31. The summed E-state index contributed by atoms with van der Waals surface area (Å²) < 4.78 is 5.43. The first-order valence-electron chi connectivity index (χ1n) is 5.16. The Labute approximate surface area is 130 Å². The van der Waals surface area contributed by atoms with E-state index in [1.807, 2.05) is 6.07 Å². The van der Waals surface area contributed by atoms with Crippen LogP contribution >= 0.6 is 33.9 Å². The molecule has 1 aromatic carbocycles. The number of rotatable bonds is 3. The third kappa shape index (κ3) is 2.94. The molecule has 1 heterocycles. The highest BCUT2D eigenvalue weighted by Gasteiger charge is 2.23. The molecule has 0 saturated heterocycles. The Morgan fingerprint density at radius 2 is 2.25 bits per heavy atom. The minimum Gasteiger partial charge on any atom is -0.414 e. The van der Waals surface area contributed by atoms with E-state index in [-0.39, 0.29) is 11.3 Å². The number of nitriles is 1. The highest BCUT2D eigenvalue weighted by molar-refractivity contribution is 14.1. The molecule has 1 aromatic heterocycles. The average molecular weight is 400 g/mol. The van der Waals surface area contributed by atoms with Crippen LogP contribution < -0.4 is 4.74 Å². The van der Waals surface area contributed by atoms with Gasteiger partial charge in [0.2, 0.25) is 5.75 Å². The molecule has 0 fully saturated rings. The third-order valence-electron chi connectivity index (χ3n) is 2.27. The van der Waals surface area contributed by atoms with E-state index >= 15 is 0 Å². The first-order chi connectivity index (χ1) is 9.52. The van der Waals surface area contributed by atoms with Crippen molar-refractivity contribution in [2.24, 2.45) is 0 Å². The molecular formula is C12H5IN2O4S. The quantitative estimate of drug-likeness (QED) is 0.259. The summed E-state index contributed by atoms with van der Waals surface area (Å²) in [6, 6.07) is 7.57. The van der Waals surface area contributed by atoms with Gasteiger partial charge in [0.05, 0.1) is 20.1 Å². The van der Waals surface area contributed by atoms with E-state index in [0.717, 1.165) is 6.07 Å². The number of benzene rings is 1. The van der Waals surface area contributed by atoms with Crippen molar-refractivity contribution >= 4 is 45.6 Å². The van der Waals surface area contributed by atoms with Crippen LogP contribution in [0.15, 0.2) is 29.6 Å². The zero-order valence-corrected chi connectivity index (χ0v) is 12.7. The first-order valence-corrected chi connectivity index (χ1v) is 7.12. The summed E-state index contributed by atoms with van der Waals surface area (Å²) in [5.74, 6) is -0.807. The number of hydrogen-bond acceptors (Lipinski definition) is 6. The number of carbonyl (C=O) groups excluding carboxylic acids is 1. The molecule has 0 aliphatic heterocycles. The fourth-order valence-electron chi connectivity index (χ4n) is 1.42. The standard InChI is InChI=1S/C12H5IN2O4S/c13-8-4-7(6-14)5-9(15(17)18)11(8)19-12(16)10-2-1-3-20-10/h1-5H. The van der Waals surface area contributed by atoms with Gasteiger partial charge in [0.1, 0.15) is 4.88 Å². The van der Waals surface area contributed by atoms with Crippen molar-refractivity contribution in [2.75, 3.05) is 0 Å². The minimum atomic E-state index is -0.681. The van der Waals surface area contributed by atoms with Crippen LogP contribution in [-0.2, 0) is 0 Å². The summed E-state index contributed by atoms with van der Waals surface area (Å²) in [6.07, 6.45) is 0. The van der Waals surface area contributed by atoms with E-state index in [2.05, 4.69) is 0 Å². The van der Waals surface area contributed by atoms with Gasteiger partial charge in [-0.25, -0.2) is 4.79 Å². The number of halogens is 1. The van der Waals surface area contributed by atoms with E-state index in [0.29, 0.717) is 8.45 Å². The van der Waals surface area contributed by atoms with Crippen LogP contribution in [-0.4, -0.2) is 10.9 Å². The highest BCUT2D eigenvalue weighted by atomic mass is 127. The number of hydrogen-bond donors (Lipinski definition) is 0. The smallest absolute Gasteiger partial charge is 0.353 e. The highest BCUT2D eigenvalue weighted by Crippen LogP contribution is 2.34. The van der Waals surface area contributed by atoms with E-state index in [4.69, 9.17) is 10.00 Å². The molecular weight excluding hydrogens is 395 g/mol. The number of carbonyl (C=O) groups is 1. The molecule has 0 atom stereocenters. The van der Waals surface area contributed by atoms with Crippen LogP contribution in [0.25, 0.3) is 0 Å². The Hall–Kier alpha value is -1.99. The van der Waals surface area contributed by atoms with Gasteiger partial charge in [-0.3, -0.25) is 10.1 Å². The van der Waals surface area contributed by atoms with Gasteiger partial charge < -0.3 is 4.74 Å². The molecule has 0 amide bonds. The summed E-state index contributed by atoms with van der Waals surface area (Å²) >= 11 is 2.97. The van der Waals surface area contributed by atoms with Gasteiger partial charge in [0.15, 0.2) is 0 Å². The molecule has 6 nitrogen and oxygen atoms in total. The maximum absolute atomic E-state index is 11.9. The summed E-state index contributed by atoms with van der Waals surface area (Å²) in [7, 11) is 0. The number of nitro groups is 1. The van der Waals surface area contributed by atoms with Crippen molar-refractivity contribution in [3.63, 3.8) is 0 Å².